The van der Waals surface area contributed by atoms with Gasteiger partial charge in [0.2, 0.25) is 0 Å². The maximum atomic E-state index is 7.46. The SMILES string of the molecule is c1ccc(N2c3cc4c(cc3B3c5ccccc5Oc5cccc2c53)B2c3c(cccc3N(c3ccccc3)c3cc5c6c(c32)Oc2ccccc2B6c2ccccc2O5)N4c2ccccc2)cc1. The first-order valence-corrected chi connectivity index (χ1v) is 23.8. The van der Waals surface area contributed by atoms with E-state index in [2.05, 4.69) is 233 Å². The summed E-state index contributed by atoms with van der Waals surface area (Å²) in [6.45, 7) is -0.421. The van der Waals surface area contributed by atoms with Crippen molar-refractivity contribution in [1.82, 2.24) is 0 Å². The molecule has 0 fully saturated rings. The largest absolute Gasteiger partial charge is 0.459 e. The molecule has 0 saturated heterocycles. The molecule has 6 aliphatic rings. The Morgan fingerprint density at radius 3 is 1.23 bits per heavy atom. The first-order chi connectivity index (χ1) is 34.3. The van der Waals surface area contributed by atoms with Crippen LogP contribution in [0.25, 0.3) is 0 Å². The zero-order valence-corrected chi connectivity index (χ0v) is 37.1. The van der Waals surface area contributed by atoms with Gasteiger partial charge in [-0.05, 0) is 129 Å². The summed E-state index contributed by atoms with van der Waals surface area (Å²) in [7, 11) is 0. The molecular weight excluding hydrogens is 843 g/mol. The van der Waals surface area contributed by atoms with Gasteiger partial charge in [0.1, 0.15) is 34.5 Å². The summed E-state index contributed by atoms with van der Waals surface area (Å²) in [5.74, 6) is 5.18. The lowest BCUT2D eigenvalue weighted by Crippen LogP contribution is -2.66. The molecule has 0 N–H and O–H groups in total. The molecule has 6 aliphatic heterocycles. The number of hydrogen-bond acceptors (Lipinski definition) is 6. The summed E-state index contributed by atoms with van der Waals surface area (Å²) in [6, 6.07) is 78.7. The zero-order chi connectivity index (χ0) is 44.9. The number of rotatable bonds is 3. The minimum atomic E-state index is -0.244. The summed E-state index contributed by atoms with van der Waals surface area (Å²) in [6.07, 6.45) is 0. The van der Waals surface area contributed by atoms with Crippen LogP contribution in [0.1, 0.15) is 0 Å². The fourth-order valence-electron chi connectivity index (χ4n) is 12.5. The van der Waals surface area contributed by atoms with Crippen LogP contribution in [0.15, 0.2) is 218 Å². The maximum Gasteiger partial charge on any atom is 0.260 e. The number of nitrogens with zero attached hydrogens (tertiary/aromatic N) is 3. The van der Waals surface area contributed by atoms with E-state index in [0.717, 1.165) is 113 Å². The molecule has 318 valence electrons. The fraction of sp³-hybridized carbons (Fsp3) is 0. The topological polar surface area (TPSA) is 37.4 Å². The molecule has 0 atom stereocenters. The first-order valence-electron chi connectivity index (χ1n) is 23.8. The molecule has 0 bridgehead atoms. The number of ether oxygens (including phenoxy) is 3. The maximum absolute atomic E-state index is 7.46. The van der Waals surface area contributed by atoms with E-state index < -0.39 is 0 Å². The minimum absolute atomic E-state index is 0.0856. The van der Waals surface area contributed by atoms with Gasteiger partial charge in [0.25, 0.3) is 20.1 Å². The fourth-order valence-corrected chi connectivity index (χ4v) is 12.5. The second-order valence-corrected chi connectivity index (χ2v) is 18.7. The van der Waals surface area contributed by atoms with Crippen molar-refractivity contribution >= 4 is 120 Å². The van der Waals surface area contributed by atoms with E-state index in [1.165, 1.54) is 21.9 Å². The Hall–Kier alpha value is -8.81. The second-order valence-electron chi connectivity index (χ2n) is 18.7. The Bertz CT molecular complexity index is 3820. The van der Waals surface area contributed by atoms with Gasteiger partial charge in [0.05, 0.1) is 0 Å². The molecule has 10 aromatic carbocycles. The van der Waals surface area contributed by atoms with Gasteiger partial charge in [-0.1, -0.05) is 127 Å². The third-order valence-electron chi connectivity index (χ3n) is 15.2. The van der Waals surface area contributed by atoms with Gasteiger partial charge in [0.15, 0.2) is 0 Å². The smallest absolute Gasteiger partial charge is 0.260 e. The van der Waals surface area contributed by atoms with Crippen LogP contribution in [-0.2, 0) is 0 Å². The molecule has 6 heterocycles. The van der Waals surface area contributed by atoms with Gasteiger partial charge < -0.3 is 28.9 Å². The monoisotopic (exact) mass is 879 g/mol. The van der Waals surface area contributed by atoms with Crippen molar-refractivity contribution in [2.75, 3.05) is 14.7 Å². The van der Waals surface area contributed by atoms with Gasteiger partial charge in [0, 0.05) is 62.7 Å². The quantitative estimate of drug-likeness (QED) is 0.165. The predicted molar refractivity (Wildman–Crippen MR) is 284 cm³/mol. The van der Waals surface area contributed by atoms with E-state index in [1.807, 2.05) is 0 Å². The molecule has 10 aromatic rings. The highest BCUT2D eigenvalue weighted by atomic mass is 16.5. The minimum Gasteiger partial charge on any atom is -0.459 e. The lowest BCUT2D eigenvalue weighted by molar-refractivity contribution is 0.467. The predicted octanol–water partition coefficient (Wildman–Crippen LogP) is 8.90. The Morgan fingerprint density at radius 1 is 0.246 bits per heavy atom. The molecule has 0 unspecified atom stereocenters. The molecule has 6 nitrogen and oxygen atoms in total. The van der Waals surface area contributed by atoms with Crippen LogP contribution in [0.2, 0.25) is 0 Å². The first kappa shape index (κ1) is 37.3. The Labute approximate surface area is 400 Å². The molecule has 69 heavy (non-hydrogen) atoms. The van der Waals surface area contributed by atoms with E-state index in [0.29, 0.717) is 0 Å². The van der Waals surface area contributed by atoms with Gasteiger partial charge in [-0.2, -0.15) is 0 Å². The third-order valence-corrected chi connectivity index (χ3v) is 15.2. The standard InChI is InChI=1S/C60H36B3N3O3/c1-4-18-37(19-5-1)64-45-27-16-28-46-56(45)63(44-34-43-48(35-49(44)64)65(38-20-6-2-7-21-38)47-29-17-33-54-57(47)62(43)41-25-11-13-30-51(41)67-54)58-50(66(46)39-22-8-3-9-23-39)36-55-59-60(58)69-53-32-15-12-26-42(53)61(59)40-24-10-14-31-52(40)68-55/h1-36H. The van der Waals surface area contributed by atoms with E-state index in [1.54, 1.807) is 0 Å². The molecule has 16 rings (SSSR count). The zero-order valence-electron chi connectivity index (χ0n) is 37.1. The summed E-state index contributed by atoms with van der Waals surface area (Å²) in [4.78, 5) is 7.38. The molecule has 0 saturated carbocycles. The summed E-state index contributed by atoms with van der Waals surface area (Å²) in [5.41, 5.74) is 20.3. The highest BCUT2D eigenvalue weighted by Gasteiger charge is 2.51. The van der Waals surface area contributed by atoms with Crippen molar-refractivity contribution in [2.24, 2.45) is 0 Å². The second kappa shape index (κ2) is 13.9. The summed E-state index contributed by atoms with van der Waals surface area (Å²) in [5, 5.41) is 0. The number of benzene rings is 10. The number of para-hydroxylation sites is 6. The Kier molecular flexibility index (Phi) is 7.50. The van der Waals surface area contributed by atoms with Crippen LogP contribution in [0.4, 0.5) is 51.2 Å². The van der Waals surface area contributed by atoms with Crippen LogP contribution in [0.5, 0.6) is 34.5 Å². The van der Waals surface area contributed by atoms with Crippen molar-refractivity contribution in [3.8, 4) is 34.5 Å². The molecule has 0 radical (unpaired) electrons. The Balaban J connectivity index is 1.05. The van der Waals surface area contributed by atoms with Crippen molar-refractivity contribution in [3.05, 3.63) is 218 Å². The number of fused-ring (bicyclic) bond motifs is 13. The van der Waals surface area contributed by atoms with E-state index >= 15 is 0 Å². The average molecular weight is 879 g/mol. The van der Waals surface area contributed by atoms with E-state index in [4.69, 9.17) is 14.2 Å². The van der Waals surface area contributed by atoms with E-state index in [9.17, 15) is 0 Å². The molecule has 9 heteroatoms. The van der Waals surface area contributed by atoms with Gasteiger partial charge in [-0.25, -0.2) is 0 Å². The van der Waals surface area contributed by atoms with Crippen LogP contribution in [-0.4, -0.2) is 20.1 Å². The summed E-state index contributed by atoms with van der Waals surface area (Å²) >= 11 is 0. The number of hydrogen-bond donors (Lipinski definition) is 0. The van der Waals surface area contributed by atoms with E-state index in [-0.39, 0.29) is 20.1 Å². The highest BCUT2D eigenvalue weighted by molar-refractivity contribution is 7.04. The van der Waals surface area contributed by atoms with Gasteiger partial charge in [-0.3, -0.25) is 0 Å². The van der Waals surface area contributed by atoms with Crippen molar-refractivity contribution in [3.63, 3.8) is 0 Å². The van der Waals surface area contributed by atoms with Crippen molar-refractivity contribution in [2.45, 2.75) is 0 Å². The van der Waals surface area contributed by atoms with Crippen LogP contribution >= 0.6 is 0 Å². The van der Waals surface area contributed by atoms with Crippen molar-refractivity contribution < 1.29 is 14.2 Å². The third kappa shape index (κ3) is 5.03. The average Bonchev–Trinajstić information content (AvgIpc) is 3.41. The summed E-state index contributed by atoms with van der Waals surface area (Å²) < 4.78 is 21.3. The molecule has 0 spiro atoms. The van der Waals surface area contributed by atoms with Crippen LogP contribution in [0.3, 0.4) is 0 Å². The molecule has 0 aliphatic carbocycles. The molecule has 0 aromatic heterocycles. The number of anilines is 9. The Morgan fingerprint density at radius 2 is 0.667 bits per heavy atom. The lowest BCUT2D eigenvalue weighted by Gasteiger charge is -2.47. The van der Waals surface area contributed by atoms with Gasteiger partial charge >= 0.3 is 0 Å². The highest BCUT2D eigenvalue weighted by Crippen LogP contribution is 2.49. The van der Waals surface area contributed by atoms with Crippen LogP contribution in [0, 0.1) is 0 Å². The normalized spacial score (nSPS) is 14.3. The molecule has 0 amide bonds. The molecular formula is C60H36B3N3O3. The van der Waals surface area contributed by atoms with Crippen LogP contribution < -0.4 is 78.1 Å². The van der Waals surface area contributed by atoms with Gasteiger partial charge in [-0.15, -0.1) is 0 Å². The van der Waals surface area contributed by atoms with Crippen molar-refractivity contribution in [1.29, 1.82) is 0 Å². The lowest BCUT2D eigenvalue weighted by atomic mass is 9.29.